The van der Waals surface area contributed by atoms with E-state index in [4.69, 9.17) is 24.9 Å². The Balaban J connectivity index is 3.19. The molecule has 1 amide bonds. The van der Waals surface area contributed by atoms with Gasteiger partial charge in [0.1, 0.15) is 17.9 Å². The second-order valence-electron chi connectivity index (χ2n) is 8.77. The van der Waals surface area contributed by atoms with Gasteiger partial charge in [0.15, 0.2) is 14.0 Å². The lowest BCUT2D eigenvalue weighted by Gasteiger charge is -2.48. The minimum Gasteiger partial charge on any atom is -0.457 e. The summed E-state index contributed by atoms with van der Waals surface area (Å²) in [6, 6.07) is 0. The first-order valence-electron chi connectivity index (χ1n) is 9.48. The molecule has 0 radical (unpaired) electrons. The lowest BCUT2D eigenvalue weighted by Crippen LogP contribution is -2.63. The molecule has 0 saturated carbocycles. The quantitative estimate of drug-likeness (QED) is 0.0572. The Morgan fingerprint density at radius 3 is 2.30 bits per heavy atom. The van der Waals surface area contributed by atoms with Crippen LogP contribution in [-0.4, -0.2) is 58.0 Å². The predicted molar refractivity (Wildman–Crippen MR) is 118 cm³/mol. The normalized spacial score (nSPS) is 22.0. The summed E-state index contributed by atoms with van der Waals surface area (Å²) in [6.45, 7) is 16.7. The highest BCUT2D eigenvalue weighted by Gasteiger charge is 2.55. The van der Waals surface area contributed by atoms with E-state index < -0.39 is 47.8 Å². The number of β-lactam (4-membered cyclic amide) rings is 1. The van der Waals surface area contributed by atoms with Crippen molar-refractivity contribution in [2.75, 3.05) is 12.9 Å². The van der Waals surface area contributed by atoms with E-state index in [0.29, 0.717) is 0 Å². The van der Waals surface area contributed by atoms with E-state index in [9.17, 15) is 18.0 Å². The Kier molecular flexibility index (Phi) is 8.37. The fraction of sp³-hybridized carbons (Fsp3) is 0.684. The van der Waals surface area contributed by atoms with Crippen molar-refractivity contribution in [3.63, 3.8) is 0 Å². The smallest absolute Gasteiger partial charge is 0.358 e. The van der Waals surface area contributed by atoms with Crippen LogP contribution in [0.5, 0.6) is 0 Å². The molecule has 1 fully saturated rings. The van der Waals surface area contributed by atoms with E-state index in [0.717, 1.165) is 11.2 Å². The van der Waals surface area contributed by atoms with Gasteiger partial charge in [-0.3, -0.25) is 9.69 Å². The molecule has 0 N–H and O–H groups in total. The van der Waals surface area contributed by atoms with E-state index in [1.807, 2.05) is 0 Å². The van der Waals surface area contributed by atoms with Gasteiger partial charge in [-0.2, -0.15) is 8.42 Å². The predicted octanol–water partition coefficient (Wildman–Crippen LogP) is 3.36. The fourth-order valence-electron chi connectivity index (χ4n) is 2.73. The largest absolute Gasteiger partial charge is 0.457 e. The molecule has 3 atom stereocenters. The van der Waals surface area contributed by atoms with Crippen LogP contribution >= 0.6 is 11.6 Å². The number of ether oxygens (including phenoxy) is 1. The average molecular weight is 482 g/mol. The first-order chi connectivity index (χ1) is 13.4. The molecule has 172 valence electrons. The van der Waals surface area contributed by atoms with E-state index in [1.165, 1.54) is 13.0 Å². The number of carbonyl (C=O) groups excluding carboxylic acids is 2. The SMILES string of the molecule is C=CCOC(=O)/C(=C(/C)OS(C)(=O)=O)N1C(=O)[C@H]([C@@H](C)O[Si](C)(C)C(C)(C)C)[C@H]1Cl. The summed E-state index contributed by atoms with van der Waals surface area (Å²) in [6.07, 6.45) is 1.69. The summed E-state index contributed by atoms with van der Waals surface area (Å²) < 4.78 is 39.1. The third-order valence-electron chi connectivity index (χ3n) is 5.23. The van der Waals surface area contributed by atoms with Crippen LogP contribution in [0.2, 0.25) is 18.1 Å². The third-order valence-corrected chi connectivity index (χ3v) is 10.8. The molecule has 0 unspecified atom stereocenters. The molecule has 1 rings (SSSR count). The van der Waals surface area contributed by atoms with E-state index >= 15 is 0 Å². The maximum absolute atomic E-state index is 12.9. The van der Waals surface area contributed by atoms with Crippen molar-refractivity contribution in [1.82, 2.24) is 4.90 Å². The van der Waals surface area contributed by atoms with Gasteiger partial charge in [-0.1, -0.05) is 45.0 Å². The van der Waals surface area contributed by atoms with Gasteiger partial charge in [0.05, 0.1) is 18.3 Å². The van der Waals surface area contributed by atoms with Crippen LogP contribution in [0.3, 0.4) is 0 Å². The topological polar surface area (TPSA) is 99.2 Å². The number of allylic oxidation sites excluding steroid dienone is 1. The van der Waals surface area contributed by atoms with E-state index in [-0.39, 0.29) is 23.1 Å². The monoisotopic (exact) mass is 481 g/mol. The highest BCUT2D eigenvalue weighted by atomic mass is 35.5. The zero-order valence-corrected chi connectivity index (χ0v) is 21.4. The molecular weight excluding hydrogens is 450 g/mol. The Hall–Kier alpha value is -1.36. The first-order valence-corrected chi connectivity index (χ1v) is 14.6. The summed E-state index contributed by atoms with van der Waals surface area (Å²) in [5.41, 5.74) is -1.29. The van der Waals surface area contributed by atoms with E-state index in [2.05, 4.69) is 40.4 Å². The Morgan fingerprint density at radius 1 is 1.37 bits per heavy atom. The zero-order valence-electron chi connectivity index (χ0n) is 18.8. The van der Waals surface area contributed by atoms with E-state index in [1.54, 1.807) is 6.92 Å². The molecule has 1 aliphatic heterocycles. The van der Waals surface area contributed by atoms with Gasteiger partial charge in [0.25, 0.3) is 0 Å². The molecule has 8 nitrogen and oxygen atoms in total. The number of alkyl halides is 1. The number of hydrogen-bond donors (Lipinski definition) is 0. The maximum atomic E-state index is 12.9. The van der Waals surface area contributed by atoms with Gasteiger partial charge in [-0.15, -0.1) is 0 Å². The number of carbonyl (C=O) groups is 2. The van der Waals surface area contributed by atoms with Crippen LogP contribution in [0.15, 0.2) is 24.1 Å². The summed E-state index contributed by atoms with van der Waals surface area (Å²) in [4.78, 5) is 26.5. The third kappa shape index (κ3) is 6.09. The van der Waals surface area contributed by atoms with Gasteiger partial charge >= 0.3 is 16.1 Å². The first kappa shape index (κ1) is 26.7. The maximum Gasteiger partial charge on any atom is 0.358 e. The van der Waals surface area contributed by atoms with Gasteiger partial charge in [-0.05, 0) is 32.0 Å². The van der Waals surface area contributed by atoms with Crippen LogP contribution in [-0.2, 0) is 33.1 Å². The van der Waals surface area contributed by atoms with Crippen molar-refractivity contribution < 1.29 is 31.4 Å². The van der Waals surface area contributed by atoms with Crippen LogP contribution in [0.4, 0.5) is 0 Å². The van der Waals surface area contributed by atoms with Gasteiger partial charge in [0.2, 0.25) is 5.91 Å². The minimum atomic E-state index is -3.93. The number of esters is 1. The van der Waals surface area contributed by atoms with Crippen LogP contribution in [0.1, 0.15) is 34.6 Å². The zero-order chi connectivity index (χ0) is 23.7. The molecule has 11 heteroatoms. The fourth-order valence-corrected chi connectivity index (χ4v) is 5.20. The molecule has 0 aromatic rings. The number of likely N-dealkylation sites (tertiary alicyclic amines) is 1. The summed E-state index contributed by atoms with van der Waals surface area (Å²) >= 11 is 6.48. The highest BCUT2D eigenvalue weighted by Crippen LogP contribution is 2.42. The summed E-state index contributed by atoms with van der Waals surface area (Å²) in [5, 5.41) is -0.0605. The van der Waals surface area contributed by atoms with Crippen molar-refractivity contribution in [3.8, 4) is 0 Å². The lowest BCUT2D eigenvalue weighted by molar-refractivity contribution is -0.159. The molecular formula is C19H32ClNO7SSi. The Morgan fingerprint density at radius 2 is 1.90 bits per heavy atom. The van der Waals surface area contributed by atoms with Crippen LogP contribution in [0, 0.1) is 5.92 Å². The number of hydrogen-bond acceptors (Lipinski definition) is 7. The Bertz CT molecular complexity index is 832. The van der Waals surface area contributed by atoms with Crippen LogP contribution < -0.4 is 0 Å². The number of halogens is 1. The number of amides is 1. The molecule has 30 heavy (non-hydrogen) atoms. The van der Waals surface area contributed by atoms with Gasteiger partial charge in [0, 0.05) is 0 Å². The molecule has 0 aromatic carbocycles. The van der Waals surface area contributed by atoms with Crippen molar-refractivity contribution in [2.45, 2.75) is 64.4 Å². The molecule has 1 aliphatic rings. The average Bonchev–Trinajstić information content (AvgIpc) is 2.54. The van der Waals surface area contributed by atoms with Crippen molar-refractivity contribution >= 4 is 41.9 Å². The lowest BCUT2D eigenvalue weighted by atomic mass is 9.92. The molecule has 1 heterocycles. The second-order valence-corrected chi connectivity index (χ2v) is 15.5. The molecule has 0 aliphatic carbocycles. The van der Waals surface area contributed by atoms with Crippen molar-refractivity contribution in [2.24, 2.45) is 5.92 Å². The van der Waals surface area contributed by atoms with Gasteiger partial charge < -0.3 is 13.3 Å². The van der Waals surface area contributed by atoms with Crippen molar-refractivity contribution in [1.29, 1.82) is 0 Å². The van der Waals surface area contributed by atoms with Gasteiger partial charge in [-0.25, -0.2) is 4.79 Å². The molecule has 1 saturated heterocycles. The minimum absolute atomic E-state index is 0.0605. The molecule has 0 aromatic heterocycles. The standard InChI is InChI=1S/C19H32ClNO7SSi/c1-10-11-26-18(23)15(13(3)27-29(7,24)25)21-16(20)14(17(21)22)12(2)28-30(8,9)19(4,5)6/h10,12,14,16H,1,11H2,2-9H3/b15-13+/t12-,14-,16+/m1/s1. The summed E-state index contributed by atoms with van der Waals surface area (Å²) in [5.74, 6) is -2.41. The molecule has 0 spiro atoms. The van der Waals surface area contributed by atoms with Crippen LogP contribution in [0.25, 0.3) is 0 Å². The van der Waals surface area contributed by atoms with Crippen molar-refractivity contribution in [3.05, 3.63) is 24.1 Å². The number of nitrogens with zero attached hydrogens (tertiary/aromatic N) is 1. The Labute approximate surface area is 185 Å². The second kappa shape index (κ2) is 9.42. The molecule has 0 bridgehead atoms. The highest BCUT2D eigenvalue weighted by molar-refractivity contribution is 7.86. The number of rotatable bonds is 9. The summed E-state index contributed by atoms with van der Waals surface area (Å²) in [7, 11) is -6.09.